The molecule has 0 atom stereocenters. The molecule has 0 aromatic heterocycles. The molecule has 0 unspecified atom stereocenters. The molecule has 2 rings (SSSR count). The molecule has 0 aliphatic carbocycles. The Balaban J connectivity index is 2.37. The van der Waals surface area contributed by atoms with E-state index in [4.69, 9.17) is 31.5 Å². The maximum absolute atomic E-state index is 6.06. The summed E-state index contributed by atoms with van der Waals surface area (Å²) in [5.74, 6) is 2.20. The van der Waals surface area contributed by atoms with Crippen molar-refractivity contribution in [3.63, 3.8) is 0 Å². The second kappa shape index (κ2) is 5.71. The number of para-hydroxylation sites is 1. The molecule has 0 spiro atoms. The molecule has 0 aliphatic heterocycles. The molecular formula is C14H14ClNO3. The van der Waals surface area contributed by atoms with Gasteiger partial charge in [-0.05, 0) is 12.1 Å². The van der Waals surface area contributed by atoms with Crippen molar-refractivity contribution in [3.05, 3.63) is 41.4 Å². The molecule has 0 saturated heterocycles. The van der Waals surface area contributed by atoms with Crippen LogP contribution in [0.3, 0.4) is 0 Å². The number of methoxy groups -OCH3 is 2. The largest absolute Gasteiger partial charge is 0.496 e. The zero-order valence-electron chi connectivity index (χ0n) is 10.6. The van der Waals surface area contributed by atoms with Gasteiger partial charge in [0.15, 0.2) is 5.75 Å². The van der Waals surface area contributed by atoms with Crippen LogP contribution in [0.25, 0.3) is 0 Å². The van der Waals surface area contributed by atoms with Crippen LogP contribution < -0.4 is 19.9 Å². The average molecular weight is 280 g/mol. The van der Waals surface area contributed by atoms with Gasteiger partial charge in [0.05, 0.1) is 24.9 Å². The number of nitrogens with two attached hydrogens (primary N) is 1. The van der Waals surface area contributed by atoms with Crippen molar-refractivity contribution in [2.24, 2.45) is 0 Å². The summed E-state index contributed by atoms with van der Waals surface area (Å²) in [5.41, 5.74) is 6.31. The van der Waals surface area contributed by atoms with Gasteiger partial charge in [0, 0.05) is 18.2 Å². The Labute approximate surface area is 116 Å². The molecule has 0 saturated carbocycles. The highest BCUT2D eigenvalue weighted by Crippen LogP contribution is 2.37. The first kappa shape index (κ1) is 13.4. The van der Waals surface area contributed by atoms with Crippen molar-refractivity contribution in [2.75, 3.05) is 20.0 Å². The van der Waals surface area contributed by atoms with Gasteiger partial charge in [0.2, 0.25) is 0 Å². The van der Waals surface area contributed by atoms with Crippen LogP contribution in [-0.2, 0) is 0 Å². The fraction of sp³-hybridized carbons (Fsp3) is 0.143. The van der Waals surface area contributed by atoms with Crippen molar-refractivity contribution < 1.29 is 14.2 Å². The summed E-state index contributed by atoms with van der Waals surface area (Å²) >= 11 is 6.06. The number of ether oxygens (including phenoxy) is 3. The number of nitrogen functional groups attached to an aromatic ring is 1. The molecule has 0 bridgehead atoms. The van der Waals surface area contributed by atoms with Gasteiger partial charge >= 0.3 is 0 Å². The molecule has 2 aromatic carbocycles. The third-order valence-electron chi connectivity index (χ3n) is 2.54. The molecule has 100 valence electrons. The number of hydrogen-bond donors (Lipinski definition) is 1. The van der Waals surface area contributed by atoms with E-state index in [-0.39, 0.29) is 0 Å². The Bertz CT molecular complexity index is 544. The Morgan fingerprint density at radius 2 is 1.53 bits per heavy atom. The summed E-state index contributed by atoms with van der Waals surface area (Å²) in [6.45, 7) is 0. The lowest BCUT2D eigenvalue weighted by Crippen LogP contribution is -1.94. The summed E-state index contributed by atoms with van der Waals surface area (Å²) in [7, 11) is 3.14. The molecule has 4 nitrogen and oxygen atoms in total. The van der Waals surface area contributed by atoms with Crippen molar-refractivity contribution >= 4 is 17.3 Å². The normalized spacial score (nSPS) is 10.1. The maximum Gasteiger partial charge on any atom is 0.168 e. The lowest BCUT2D eigenvalue weighted by Gasteiger charge is -2.12. The first-order valence-electron chi connectivity index (χ1n) is 5.59. The summed E-state index contributed by atoms with van der Waals surface area (Å²) in [5, 5.41) is 0.446. The molecule has 19 heavy (non-hydrogen) atoms. The van der Waals surface area contributed by atoms with Gasteiger partial charge in [0.25, 0.3) is 0 Å². The number of hydrogen-bond acceptors (Lipinski definition) is 4. The minimum atomic E-state index is 0.416. The van der Waals surface area contributed by atoms with E-state index in [0.717, 1.165) is 0 Å². The number of benzene rings is 2. The molecule has 0 fully saturated rings. The lowest BCUT2D eigenvalue weighted by atomic mass is 10.2. The predicted octanol–water partition coefficient (Wildman–Crippen LogP) is 3.73. The zero-order valence-corrected chi connectivity index (χ0v) is 11.4. The Hall–Kier alpha value is -2.07. The van der Waals surface area contributed by atoms with Gasteiger partial charge < -0.3 is 19.9 Å². The molecule has 2 aromatic rings. The highest BCUT2D eigenvalue weighted by Gasteiger charge is 2.09. The van der Waals surface area contributed by atoms with Crippen LogP contribution in [0.1, 0.15) is 0 Å². The first-order valence-corrected chi connectivity index (χ1v) is 5.96. The third-order valence-corrected chi connectivity index (χ3v) is 2.84. The first-order chi connectivity index (χ1) is 9.13. The number of halogens is 1. The van der Waals surface area contributed by atoms with Crippen molar-refractivity contribution in [1.82, 2.24) is 0 Å². The fourth-order valence-electron chi connectivity index (χ4n) is 1.59. The van der Waals surface area contributed by atoms with E-state index in [2.05, 4.69) is 0 Å². The standard InChI is InChI=1S/C14H14ClNO3/c1-17-9-6-10(18-2)8-11(7-9)19-14-12(15)4-3-5-13(14)16/h3-8H,16H2,1-2H3. The molecule has 0 radical (unpaired) electrons. The highest BCUT2D eigenvalue weighted by atomic mass is 35.5. The van der Waals surface area contributed by atoms with Gasteiger partial charge in [-0.2, -0.15) is 0 Å². The SMILES string of the molecule is COc1cc(OC)cc(Oc2c(N)cccc2Cl)c1. The van der Waals surface area contributed by atoms with Gasteiger partial charge in [-0.15, -0.1) is 0 Å². The average Bonchev–Trinajstić information content (AvgIpc) is 2.42. The van der Waals surface area contributed by atoms with E-state index in [9.17, 15) is 0 Å². The highest BCUT2D eigenvalue weighted by molar-refractivity contribution is 6.32. The van der Waals surface area contributed by atoms with E-state index in [1.165, 1.54) is 0 Å². The molecular weight excluding hydrogens is 266 g/mol. The Morgan fingerprint density at radius 3 is 2.05 bits per heavy atom. The predicted molar refractivity (Wildman–Crippen MR) is 75.5 cm³/mol. The van der Waals surface area contributed by atoms with E-state index in [1.807, 2.05) is 0 Å². The van der Waals surface area contributed by atoms with Crippen LogP contribution in [0.2, 0.25) is 5.02 Å². The summed E-state index contributed by atoms with van der Waals surface area (Å²) in [4.78, 5) is 0. The minimum absolute atomic E-state index is 0.416. The lowest BCUT2D eigenvalue weighted by molar-refractivity contribution is 0.386. The molecule has 0 aliphatic rings. The van der Waals surface area contributed by atoms with Gasteiger partial charge in [0.1, 0.15) is 17.2 Å². The van der Waals surface area contributed by atoms with Gasteiger partial charge in [-0.3, -0.25) is 0 Å². The van der Waals surface area contributed by atoms with Crippen LogP contribution in [0.15, 0.2) is 36.4 Å². The minimum Gasteiger partial charge on any atom is -0.496 e. The van der Waals surface area contributed by atoms with E-state index in [1.54, 1.807) is 50.6 Å². The van der Waals surface area contributed by atoms with Crippen molar-refractivity contribution in [3.8, 4) is 23.0 Å². The Morgan fingerprint density at radius 1 is 0.947 bits per heavy atom. The number of anilines is 1. The zero-order chi connectivity index (χ0) is 13.8. The second-order valence-corrected chi connectivity index (χ2v) is 4.22. The van der Waals surface area contributed by atoms with Gasteiger partial charge in [-0.25, -0.2) is 0 Å². The van der Waals surface area contributed by atoms with Crippen LogP contribution in [-0.4, -0.2) is 14.2 Å². The monoisotopic (exact) mass is 279 g/mol. The van der Waals surface area contributed by atoms with Crippen molar-refractivity contribution in [2.45, 2.75) is 0 Å². The summed E-state index contributed by atoms with van der Waals surface area (Å²) in [6.07, 6.45) is 0. The molecule has 2 N–H and O–H groups in total. The van der Waals surface area contributed by atoms with Crippen LogP contribution in [0.4, 0.5) is 5.69 Å². The maximum atomic E-state index is 6.06. The topological polar surface area (TPSA) is 53.7 Å². The second-order valence-electron chi connectivity index (χ2n) is 3.81. The number of rotatable bonds is 4. The molecule has 0 amide bonds. The quantitative estimate of drug-likeness (QED) is 0.867. The summed E-state index contributed by atoms with van der Waals surface area (Å²) < 4.78 is 16.1. The molecule has 0 heterocycles. The fourth-order valence-corrected chi connectivity index (χ4v) is 1.81. The Kier molecular flexibility index (Phi) is 4.02. The van der Waals surface area contributed by atoms with E-state index < -0.39 is 0 Å². The van der Waals surface area contributed by atoms with Crippen molar-refractivity contribution in [1.29, 1.82) is 0 Å². The van der Waals surface area contributed by atoms with Crippen LogP contribution in [0, 0.1) is 0 Å². The summed E-state index contributed by atoms with van der Waals surface area (Å²) in [6, 6.07) is 10.4. The van der Waals surface area contributed by atoms with E-state index >= 15 is 0 Å². The van der Waals surface area contributed by atoms with Crippen LogP contribution >= 0.6 is 11.6 Å². The molecule has 5 heteroatoms. The van der Waals surface area contributed by atoms with Crippen LogP contribution in [0.5, 0.6) is 23.0 Å². The van der Waals surface area contributed by atoms with Gasteiger partial charge in [-0.1, -0.05) is 17.7 Å². The third kappa shape index (κ3) is 3.03. The smallest absolute Gasteiger partial charge is 0.168 e. The van der Waals surface area contributed by atoms with E-state index in [0.29, 0.717) is 33.7 Å².